The van der Waals surface area contributed by atoms with Crippen LogP contribution in [-0.2, 0) is 6.61 Å². The molecular formula is C16H20N4O. The zero-order chi connectivity index (χ0) is 14.5. The number of anilines is 1. The maximum Gasteiger partial charge on any atom is 0.318 e. The Morgan fingerprint density at radius 2 is 1.90 bits per heavy atom. The molecule has 0 bridgehead atoms. The van der Waals surface area contributed by atoms with Crippen molar-refractivity contribution in [3.8, 4) is 6.01 Å². The van der Waals surface area contributed by atoms with Crippen molar-refractivity contribution in [3.63, 3.8) is 0 Å². The zero-order valence-corrected chi connectivity index (χ0v) is 12.2. The van der Waals surface area contributed by atoms with Gasteiger partial charge in [0.1, 0.15) is 12.4 Å². The molecule has 1 aromatic carbocycles. The maximum atomic E-state index is 5.74. The van der Waals surface area contributed by atoms with Crippen LogP contribution in [0.3, 0.4) is 0 Å². The summed E-state index contributed by atoms with van der Waals surface area (Å²) in [6, 6.07) is 12.5. The molecule has 1 N–H and O–H groups in total. The van der Waals surface area contributed by atoms with E-state index in [4.69, 9.17) is 4.74 Å². The molecule has 5 nitrogen and oxygen atoms in total. The maximum absolute atomic E-state index is 5.74. The van der Waals surface area contributed by atoms with Gasteiger partial charge in [0.15, 0.2) is 0 Å². The first-order valence-corrected chi connectivity index (χ1v) is 7.29. The highest BCUT2D eigenvalue weighted by atomic mass is 16.5. The molecule has 5 heteroatoms. The summed E-state index contributed by atoms with van der Waals surface area (Å²) in [6.45, 7) is 6.38. The standard InChI is InChI=1S/C16H20N4O/c1-13-11-15(20-9-7-17-8-10-20)19-16(18-13)21-12-14-5-3-2-4-6-14/h2-6,11,17H,7-10,12H2,1H3. The Morgan fingerprint density at radius 1 is 1.14 bits per heavy atom. The lowest BCUT2D eigenvalue weighted by Crippen LogP contribution is -2.44. The Hall–Kier alpha value is -2.14. The number of nitrogens with one attached hydrogen (secondary N) is 1. The van der Waals surface area contributed by atoms with Gasteiger partial charge in [-0.2, -0.15) is 4.98 Å². The lowest BCUT2D eigenvalue weighted by atomic mass is 10.2. The molecule has 2 aromatic rings. The average Bonchev–Trinajstić information content (AvgIpc) is 2.54. The van der Waals surface area contributed by atoms with Gasteiger partial charge in [-0.1, -0.05) is 30.3 Å². The molecule has 21 heavy (non-hydrogen) atoms. The summed E-state index contributed by atoms with van der Waals surface area (Å²) in [4.78, 5) is 11.2. The highest BCUT2D eigenvalue weighted by molar-refractivity contribution is 5.41. The fourth-order valence-corrected chi connectivity index (χ4v) is 2.37. The first kappa shape index (κ1) is 13.8. The zero-order valence-electron chi connectivity index (χ0n) is 12.2. The molecular weight excluding hydrogens is 264 g/mol. The van der Waals surface area contributed by atoms with Crippen molar-refractivity contribution in [2.24, 2.45) is 0 Å². The molecule has 3 rings (SSSR count). The third-order valence-corrected chi connectivity index (χ3v) is 3.47. The van der Waals surface area contributed by atoms with Gasteiger partial charge in [-0.25, -0.2) is 4.98 Å². The van der Waals surface area contributed by atoms with Crippen LogP contribution in [0.25, 0.3) is 0 Å². The lowest BCUT2D eigenvalue weighted by molar-refractivity contribution is 0.280. The molecule has 0 aliphatic carbocycles. The summed E-state index contributed by atoms with van der Waals surface area (Å²) < 4.78 is 5.74. The van der Waals surface area contributed by atoms with Gasteiger partial charge in [-0.05, 0) is 12.5 Å². The topological polar surface area (TPSA) is 50.3 Å². The summed E-state index contributed by atoms with van der Waals surface area (Å²) in [5.41, 5.74) is 2.05. The molecule has 1 aromatic heterocycles. The Morgan fingerprint density at radius 3 is 2.67 bits per heavy atom. The smallest absolute Gasteiger partial charge is 0.318 e. The van der Waals surface area contributed by atoms with Crippen molar-refractivity contribution in [2.75, 3.05) is 31.1 Å². The van der Waals surface area contributed by atoms with E-state index < -0.39 is 0 Å². The van der Waals surface area contributed by atoms with Crippen LogP contribution < -0.4 is 15.0 Å². The number of piperazine rings is 1. The Labute approximate surface area is 125 Å². The number of hydrogen-bond donors (Lipinski definition) is 1. The second-order valence-electron chi connectivity index (χ2n) is 5.16. The second kappa shape index (κ2) is 6.54. The molecule has 1 aliphatic rings. The largest absolute Gasteiger partial charge is 0.459 e. The van der Waals surface area contributed by atoms with Crippen LogP contribution in [0, 0.1) is 6.92 Å². The number of aryl methyl sites for hydroxylation is 1. The normalized spacial score (nSPS) is 15.0. The van der Waals surface area contributed by atoms with E-state index in [0.29, 0.717) is 12.6 Å². The second-order valence-corrected chi connectivity index (χ2v) is 5.16. The van der Waals surface area contributed by atoms with Gasteiger partial charge in [0, 0.05) is 37.9 Å². The predicted molar refractivity (Wildman–Crippen MR) is 82.6 cm³/mol. The first-order chi connectivity index (χ1) is 10.3. The van der Waals surface area contributed by atoms with E-state index in [9.17, 15) is 0 Å². The van der Waals surface area contributed by atoms with Gasteiger partial charge >= 0.3 is 6.01 Å². The highest BCUT2D eigenvalue weighted by Gasteiger charge is 2.14. The van der Waals surface area contributed by atoms with Crippen molar-refractivity contribution in [1.82, 2.24) is 15.3 Å². The number of rotatable bonds is 4. The number of hydrogen-bond acceptors (Lipinski definition) is 5. The van der Waals surface area contributed by atoms with Crippen LogP contribution in [-0.4, -0.2) is 36.1 Å². The SMILES string of the molecule is Cc1cc(N2CCNCC2)nc(OCc2ccccc2)n1. The minimum atomic E-state index is 0.451. The number of benzene rings is 1. The van der Waals surface area contributed by atoms with Gasteiger partial charge in [-0.3, -0.25) is 0 Å². The monoisotopic (exact) mass is 284 g/mol. The van der Waals surface area contributed by atoms with Crippen molar-refractivity contribution in [3.05, 3.63) is 47.7 Å². The van der Waals surface area contributed by atoms with Gasteiger partial charge in [0.2, 0.25) is 0 Å². The van der Waals surface area contributed by atoms with Crippen LogP contribution >= 0.6 is 0 Å². The van der Waals surface area contributed by atoms with Gasteiger partial charge in [0.05, 0.1) is 0 Å². The lowest BCUT2D eigenvalue weighted by Gasteiger charge is -2.28. The highest BCUT2D eigenvalue weighted by Crippen LogP contribution is 2.17. The molecule has 1 aliphatic heterocycles. The summed E-state index contributed by atoms with van der Waals surface area (Å²) in [7, 11) is 0. The number of ether oxygens (including phenoxy) is 1. The average molecular weight is 284 g/mol. The molecule has 1 saturated heterocycles. The Kier molecular flexibility index (Phi) is 4.31. The first-order valence-electron chi connectivity index (χ1n) is 7.29. The van der Waals surface area contributed by atoms with E-state index in [0.717, 1.165) is 43.3 Å². The Balaban J connectivity index is 1.71. The van der Waals surface area contributed by atoms with Crippen molar-refractivity contribution in [1.29, 1.82) is 0 Å². The summed E-state index contributed by atoms with van der Waals surface area (Å²) in [5, 5.41) is 3.34. The molecule has 110 valence electrons. The van der Waals surface area contributed by atoms with Crippen molar-refractivity contribution >= 4 is 5.82 Å². The molecule has 0 spiro atoms. The quantitative estimate of drug-likeness (QED) is 0.927. The minimum Gasteiger partial charge on any atom is -0.459 e. The molecule has 2 heterocycles. The number of aromatic nitrogens is 2. The molecule has 1 fully saturated rings. The third-order valence-electron chi connectivity index (χ3n) is 3.47. The molecule has 0 amide bonds. The van der Waals surface area contributed by atoms with E-state index in [-0.39, 0.29) is 0 Å². The molecule has 0 atom stereocenters. The van der Waals surface area contributed by atoms with E-state index in [1.807, 2.05) is 43.3 Å². The van der Waals surface area contributed by atoms with Crippen LogP contribution in [0.5, 0.6) is 6.01 Å². The predicted octanol–water partition coefficient (Wildman–Crippen LogP) is 1.77. The van der Waals surface area contributed by atoms with Crippen molar-refractivity contribution in [2.45, 2.75) is 13.5 Å². The van der Waals surface area contributed by atoms with Gasteiger partial charge < -0.3 is 15.0 Å². The fraction of sp³-hybridized carbons (Fsp3) is 0.375. The van der Waals surface area contributed by atoms with Crippen LogP contribution in [0.2, 0.25) is 0 Å². The molecule has 0 unspecified atom stereocenters. The van der Waals surface area contributed by atoms with Crippen LogP contribution in [0.1, 0.15) is 11.3 Å². The molecule has 0 radical (unpaired) electrons. The van der Waals surface area contributed by atoms with E-state index in [1.54, 1.807) is 0 Å². The van der Waals surface area contributed by atoms with E-state index in [1.165, 1.54) is 0 Å². The summed E-state index contributed by atoms with van der Waals surface area (Å²) in [6.07, 6.45) is 0. The van der Waals surface area contributed by atoms with Gasteiger partial charge in [0.25, 0.3) is 0 Å². The minimum absolute atomic E-state index is 0.451. The summed E-state index contributed by atoms with van der Waals surface area (Å²) in [5.74, 6) is 0.951. The van der Waals surface area contributed by atoms with E-state index >= 15 is 0 Å². The molecule has 0 saturated carbocycles. The van der Waals surface area contributed by atoms with E-state index in [2.05, 4.69) is 20.2 Å². The Bertz CT molecular complexity index is 582. The summed E-state index contributed by atoms with van der Waals surface area (Å²) >= 11 is 0. The fourth-order valence-electron chi connectivity index (χ4n) is 2.37. The number of nitrogens with zero attached hydrogens (tertiary/aromatic N) is 3. The third kappa shape index (κ3) is 3.70. The van der Waals surface area contributed by atoms with Crippen LogP contribution in [0.4, 0.5) is 5.82 Å². The van der Waals surface area contributed by atoms with Gasteiger partial charge in [-0.15, -0.1) is 0 Å². The van der Waals surface area contributed by atoms with Crippen LogP contribution in [0.15, 0.2) is 36.4 Å². The van der Waals surface area contributed by atoms with Crippen molar-refractivity contribution < 1.29 is 4.74 Å².